The van der Waals surface area contributed by atoms with Gasteiger partial charge in [0, 0.05) is 61.2 Å². The van der Waals surface area contributed by atoms with Crippen molar-refractivity contribution < 1.29 is 4.79 Å². The molecule has 134 valence electrons. The fourth-order valence-corrected chi connectivity index (χ4v) is 3.45. The predicted molar refractivity (Wildman–Crippen MR) is 100 cm³/mol. The summed E-state index contributed by atoms with van der Waals surface area (Å²) in [5.41, 5.74) is 1.54. The number of nitrogens with zero attached hydrogens (tertiary/aromatic N) is 3. The molecule has 7 nitrogen and oxygen atoms in total. The number of aromatic nitrogens is 3. The molecular formula is C19H21N5O2. The lowest BCUT2D eigenvalue weighted by atomic mass is 10.0. The van der Waals surface area contributed by atoms with E-state index in [2.05, 4.69) is 15.3 Å². The molecule has 1 fully saturated rings. The Labute approximate surface area is 150 Å². The van der Waals surface area contributed by atoms with Crippen LogP contribution >= 0.6 is 0 Å². The number of hydrogen-bond acceptors (Lipinski definition) is 4. The Morgan fingerprint density at radius 3 is 3.12 bits per heavy atom. The van der Waals surface area contributed by atoms with Gasteiger partial charge in [-0.05, 0) is 37.1 Å². The molecule has 1 atom stereocenters. The first-order chi connectivity index (χ1) is 12.6. The quantitative estimate of drug-likeness (QED) is 0.752. The Hall–Kier alpha value is -3.09. The second-order valence-corrected chi connectivity index (χ2v) is 6.71. The number of nitrogens with one attached hydrogen (secondary N) is 2. The second kappa shape index (κ2) is 6.67. The first kappa shape index (κ1) is 16.4. The van der Waals surface area contributed by atoms with Crippen molar-refractivity contribution in [3.8, 4) is 0 Å². The van der Waals surface area contributed by atoms with Crippen LogP contribution in [-0.4, -0.2) is 39.6 Å². The van der Waals surface area contributed by atoms with E-state index in [0.29, 0.717) is 17.9 Å². The molecule has 3 heterocycles. The van der Waals surface area contributed by atoms with Gasteiger partial charge in [0.05, 0.1) is 0 Å². The van der Waals surface area contributed by atoms with E-state index in [0.717, 1.165) is 30.3 Å². The highest BCUT2D eigenvalue weighted by atomic mass is 16.2. The molecule has 1 unspecified atom stereocenters. The zero-order chi connectivity index (χ0) is 18.1. The first-order valence-corrected chi connectivity index (χ1v) is 8.76. The Morgan fingerprint density at radius 2 is 2.23 bits per heavy atom. The maximum absolute atomic E-state index is 12.6. The molecule has 1 aliphatic heterocycles. The van der Waals surface area contributed by atoms with E-state index in [1.165, 1.54) is 4.57 Å². The van der Waals surface area contributed by atoms with Gasteiger partial charge in [0.15, 0.2) is 5.82 Å². The van der Waals surface area contributed by atoms with Gasteiger partial charge in [-0.15, -0.1) is 0 Å². The number of hydrogen-bond donors (Lipinski definition) is 2. The fraction of sp³-hybridized carbons (Fsp3) is 0.316. The highest BCUT2D eigenvalue weighted by Crippen LogP contribution is 2.17. The molecule has 0 bridgehead atoms. The zero-order valence-corrected chi connectivity index (χ0v) is 14.6. The van der Waals surface area contributed by atoms with Crippen LogP contribution in [0, 0.1) is 0 Å². The molecule has 7 heteroatoms. The minimum absolute atomic E-state index is 0.00937. The van der Waals surface area contributed by atoms with Crippen LogP contribution in [-0.2, 0) is 7.05 Å². The topological polar surface area (TPSA) is 83.0 Å². The van der Waals surface area contributed by atoms with Crippen molar-refractivity contribution in [3.63, 3.8) is 0 Å². The number of amides is 1. The third-order valence-corrected chi connectivity index (χ3v) is 4.87. The van der Waals surface area contributed by atoms with E-state index in [-0.39, 0.29) is 17.5 Å². The molecule has 2 aromatic heterocycles. The summed E-state index contributed by atoms with van der Waals surface area (Å²) in [5.74, 6) is 0.358. The van der Waals surface area contributed by atoms with Crippen LogP contribution in [0.1, 0.15) is 23.2 Å². The molecule has 4 rings (SSSR count). The van der Waals surface area contributed by atoms with Crippen LogP contribution in [0.3, 0.4) is 0 Å². The summed E-state index contributed by atoms with van der Waals surface area (Å²) in [4.78, 5) is 34.2. The number of fused-ring (bicyclic) bond motifs is 1. The van der Waals surface area contributed by atoms with Crippen molar-refractivity contribution in [2.24, 2.45) is 7.05 Å². The van der Waals surface area contributed by atoms with Gasteiger partial charge in [-0.3, -0.25) is 9.59 Å². The van der Waals surface area contributed by atoms with Crippen LogP contribution in [0.2, 0.25) is 0 Å². The second-order valence-electron chi connectivity index (χ2n) is 6.71. The van der Waals surface area contributed by atoms with Gasteiger partial charge in [-0.1, -0.05) is 0 Å². The summed E-state index contributed by atoms with van der Waals surface area (Å²) in [6, 6.07) is 7.56. The minimum atomic E-state index is -0.114. The van der Waals surface area contributed by atoms with E-state index >= 15 is 0 Å². The summed E-state index contributed by atoms with van der Waals surface area (Å²) >= 11 is 0. The lowest BCUT2D eigenvalue weighted by Crippen LogP contribution is -2.49. The largest absolute Gasteiger partial charge is 0.361 e. The number of carbonyl (C=O) groups is 1. The van der Waals surface area contributed by atoms with Gasteiger partial charge in [0.1, 0.15) is 0 Å². The van der Waals surface area contributed by atoms with Crippen molar-refractivity contribution in [1.29, 1.82) is 0 Å². The Kier molecular flexibility index (Phi) is 4.20. The average Bonchev–Trinajstić information content (AvgIpc) is 3.12. The van der Waals surface area contributed by atoms with Gasteiger partial charge in [-0.2, -0.15) is 0 Å². The first-order valence-electron chi connectivity index (χ1n) is 8.76. The molecule has 0 saturated carbocycles. The normalized spacial score (nSPS) is 17.4. The maximum atomic E-state index is 12.6. The predicted octanol–water partition coefficient (Wildman–Crippen LogP) is 1.66. The molecule has 3 aromatic rings. The molecule has 0 spiro atoms. The molecule has 0 aliphatic carbocycles. The summed E-state index contributed by atoms with van der Waals surface area (Å²) in [6.45, 7) is 1.36. The van der Waals surface area contributed by atoms with Crippen molar-refractivity contribution in [2.45, 2.75) is 18.9 Å². The van der Waals surface area contributed by atoms with E-state index in [1.54, 1.807) is 19.4 Å². The van der Waals surface area contributed by atoms with Gasteiger partial charge >= 0.3 is 0 Å². The molecule has 0 radical (unpaired) electrons. The smallest absolute Gasteiger partial charge is 0.293 e. The number of benzene rings is 1. The standard InChI is InChI=1S/C19H21N5O2/c1-23-10-8-21-17(19(23)26)24-9-2-3-15(12-24)22-18(25)14-4-5-16-13(11-14)6-7-20-16/h4-8,10-11,15,20H,2-3,9,12H2,1H3,(H,22,25). The van der Waals surface area contributed by atoms with Crippen molar-refractivity contribution in [1.82, 2.24) is 19.9 Å². The van der Waals surface area contributed by atoms with Crippen LogP contribution in [0.25, 0.3) is 10.9 Å². The number of aryl methyl sites for hydroxylation is 1. The SMILES string of the molecule is Cn1ccnc(N2CCCC(NC(=O)c3ccc4[nH]ccc4c3)C2)c1=O. The van der Waals surface area contributed by atoms with Crippen LogP contribution in [0.15, 0.2) is 47.7 Å². The number of rotatable bonds is 3. The number of H-pyrrole nitrogens is 1. The van der Waals surface area contributed by atoms with Crippen molar-refractivity contribution >= 4 is 22.6 Å². The number of piperidine rings is 1. The maximum Gasteiger partial charge on any atom is 0.293 e. The van der Waals surface area contributed by atoms with E-state index in [1.807, 2.05) is 35.4 Å². The van der Waals surface area contributed by atoms with Crippen LogP contribution in [0.4, 0.5) is 5.82 Å². The van der Waals surface area contributed by atoms with Crippen LogP contribution < -0.4 is 15.8 Å². The molecule has 1 saturated heterocycles. The zero-order valence-electron chi connectivity index (χ0n) is 14.6. The monoisotopic (exact) mass is 351 g/mol. The summed E-state index contributed by atoms with van der Waals surface area (Å²) in [7, 11) is 1.72. The minimum Gasteiger partial charge on any atom is -0.361 e. The van der Waals surface area contributed by atoms with Gasteiger partial charge in [0.25, 0.3) is 11.5 Å². The number of aromatic amines is 1. The lowest BCUT2D eigenvalue weighted by Gasteiger charge is -2.33. The molecule has 1 aliphatic rings. The Morgan fingerprint density at radius 1 is 1.35 bits per heavy atom. The Bertz CT molecular complexity index is 1010. The fourth-order valence-electron chi connectivity index (χ4n) is 3.45. The van der Waals surface area contributed by atoms with Gasteiger partial charge < -0.3 is 19.8 Å². The third kappa shape index (κ3) is 3.08. The summed E-state index contributed by atoms with van der Waals surface area (Å²) in [5, 5.41) is 4.11. The molecular weight excluding hydrogens is 330 g/mol. The van der Waals surface area contributed by atoms with E-state index < -0.39 is 0 Å². The van der Waals surface area contributed by atoms with Crippen molar-refractivity contribution in [2.75, 3.05) is 18.0 Å². The molecule has 1 aromatic carbocycles. The summed E-state index contributed by atoms with van der Waals surface area (Å²) in [6.07, 6.45) is 6.93. The van der Waals surface area contributed by atoms with Gasteiger partial charge in [0.2, 0.25) is 0 Å². The summed E-state index contributed by atoms with van der Waals surface area (Å²) < 4.78 is 1.52. The number of anilines is 1. The van der Waals surface area contributed by atoms with Gasteiger partial charge in [-0.25, -0.2) is 4.98 Å². The van der Waals surface area contributed by atoms with Crippen LogP contribution in [0.5, 0.6) is 0 Å². The van der Waals surface area contributed by atoms with E-state index in [9.17, 15) is 9.59 Å². The highest BCUT2D eigenvalue weighted by molar-refractivity contribution is 5.98. The Balaban J connectivity index is 1.48. The molecule has 1 amide bonds. The van der Waals surface area contributed by atoms with E-state index in [4.69, 9.17) is 0 Å². The molecule has 2 N–H and O–H groups in total. The van der Waals surface area contributed by atoms with Crippen molar-refractivity contribution in [3.05, 3.63) is 58.8 Å². The molecule has 26 heavy (non-hydrogen) atoms. The lowest BCUT2D eigenvalue weighted by molar-refractivity contribution is 0.0933. The third-order valence-electron chi connectivity index (χ3n) is 4.87. The number of carbonyl (C=O) groups excluding carboxylic acids is 1. The average molecular weight is 351 g/mol. The highest BCUT2D eigenvalue weighted by Gasteiger charge is 2.24.